The van der Waals surface area contributed by atoms with E-state index in [4.69, 9.17) is 0 Å². The molecule has 1 atom stereocenters. The summed E-state index contributed by atoms with van der Waals surface area (Å²) in [5.41, 5.74) is 0. The Labute approximate surface area is 108 Å². The summed E-state index contributed by atoms with van der Waals surface area (Å²) < 4.78 is 23.3. The molecule has 0 aromatic carbocycles. The summed E-state index contributed by atoms with van der Waals surface area (Å²) in [5.74, 6) is 0.657. The first-order chi connectivity index (χ1) is 7.59. The van der Waals surface area contributed by atoms with Gasteiger partial charge in [-0.2, -0.15) is 0 Å². The Hall–Kier alpha value is 0.390. The SMILES string of the molecule is CCCS(=O)(=O)CCN1CCCCC1CBr. The van der Waals surface area contributed by atoms with E-state index in [1.165, 1.54) is 19.3 Å². The quantitative estimate of drug-likeness (QED) is 0.705. The Kier molecular flexibility index (Phi) is 6.29. The van der Waals surface area contributed by atoms with Crippen molar-refractivity contribution in [3.8, 4) is 0 Å². The molecule has 0 radical (unpaired) electrons. The molecular weight excluding hydrogens is 290 g/mol. The van der Waals surface area contributed by atoms with Crippen molar-refractivity contribution in [3.63, 3.8) is 0 Å². The number of rotatable bonds is 6. The van der Waals surface area contributed by atoms with Crippen molar-refractivity contribution in [2.24, 2.45) is 0 Å². The number of alkyl halides is 1. The monoisotopic (exact) mass is 311 g/mol. The molecule has 1 saturated heterocycles. The molecule has 0 saturated carbocycles. The largest absolute Gasteiger partial charge is 0.299 e. The highest BCUT2D eigenvalue weighted by atomic mass is 79.9. The maximum atomic E-state index is 11.6. The first-order valence-electron chi connectivity index (χ1n) is 6.09. The Morgan fingerprint density at radius 3 is 2.69 bits per heavy atom. The predicted octanol–water partition coefficient (Wildman–Crippen LogP) is 2.06. The third-order valence-electron chi connectivity index (χ3n) is 3.13. The van der Waals surface area contributed by atoms with Crippen LogP contribution in [0.25, 0.3) is 0 Å². The molecule has 0 aromatic heterocycles. The summed E-state index contributed by atoms with van der Waals surface area (Å²) in [7, 11) is -2.82. The maximum absolute atomic E-state index is 11.6. The van der Waals surface area contributed by atoms with Crippen molar-refractivity contribution in [2.45, 2.75) is 38.6 Å². The summed E-state index contributed by atoms with van der Waals surface area (Å²) in [6, 6.07) is 0.533. The maximum Gasteiger partial charge on any atom is 0.151 e. The van der Waals surface area contributed by atoms with Crippen LogP contribution in [0.5, 0.6) is 0 Å². The molecule has 1 aliphatic heterocycles. The van der Waals surface area contributed by atoms with Crippen LogP contribution < -0.4 is 0 Å². The zero-order valence-corrected chi connectivity index (χ0v) is 12.4. The molecule has 96 valence electrons. The average Bonchev–Trinajstić information content (AvgIpc) is 2.27. The summed E-state index contributed by atoms with van der Waals surface area (Å²) >= 11 is 3.51. The normalized spacial score (nSPS) is 23.5. The van der Waals surface area contributed by atoms with Gasteiger partial charge in [0.1, 0.15) is 0 Å². The summed E-state index contributed by atoms with van der Waals surface area (Å²) in [6.07, 6.45) is 4.40. The molecule has 0 spiro atoms. The van der Waals surface area contributed by atoms with Crippen molar-refractivity contribution in [2.75, 3.05) is 29.9 Å². The van der Waals surface area contributed by atoms with E-state index in [2.05, 4.69) is 20.8 Å². The lowest BCUT2D eigenvalue weighted by Gasteiger charge is -2.34. The average molecular weight is 312 g/mol. The Balaban J connectivity index is 2.41. The summed E-state index contributed by atoms with van der Waals surface area (Å²) in [6.45, 7) is 3.68. The molecule has 1 heterocycles. The van der Waals surface area contributed by atoms with E-state index in [0.717, 1.165) is 18.3 Å². The third-order valence-corrected chi connectivity index (χ3v) is 5.71. The van der Waals surface area contributed by atoms with Crippen LogP contribution in [0.2, 0.25) is 0 Å². The van der Waals surface area contributed by atoms with E-state index < -0.39 is 9.84 Å². The van der Waals surface area contributed by atoms with Gasteiger partial charge in [-0.25, -0.2) is 8.42 Å². The number of piperidine rings is 1. The molecule has 0 aliphatic carbocycles. The van der Waals surface area contributed by atoms with Crippen LogP contribution in [0, 0.1) is 0 Å². The van der Waals surface area contributed by atoms with Crippen LogP contribution in [0.3, 0.4) is 0 Å². The first kappa shape index (κ1) is 14.5. The summed E-state index contributed by atoms with van der Waals surface area (Å²) in [4.78, 5) is 2.32. The van der Waals surface area contributed by atoms with E-state index in [1.807, 2.05) is 6.92 Å². The Morgan fingerprint density at radius 1 is 1.31 bits per heavy atom. The minimum Gasteiger partial charge on any atom is -0.299 e. The van der Waals surface area contributed by atoms with Crippen LogP contribution in [0.1, 0.15) is 32.6 Å². The predicted molar refractivity (Wildman–Crippen MR) is 72.0 cm³/mol. The number of likely N-dealkylation sites (tertiary alicyclic amines) is 1. The van der Waals surface area contributed by atoms with E-state index in [1.54, 1.807) is 0 Å². The highest BCUT2D eigenvalue weighted by molar-refractivity contribution is 9.09. The second kappa shape index (κ2) is 6.97. The third kappa shape index (κ3) is 4.72. The molecule has 0 bridgehead atoms. The van der Waals surface area contributed by atoms with Crippen LogP contribution in [-0.4, -0.2) is 49.3 Å². The number of sulfone groups is 1. The van der Waals surface area contributed by atoms with Gasteiger partial charge in [0.25, 0.3) is 0 Å². The Bertz CT molecular complexity index is 292. The fourth-order valence-electron chi connectivity index (χ4n) is 2.20. The number of nitrogens with zero attached hydrogens (tertiary/aromatic N) is 1. The first-order valence-corrected chi connectivity index (χ1v) is 9.04. The fraction of sp³-hybridized carbons (Fsp3) is 1.00. The van der Waals surface area contributed by atoms with E-state index in [0.29, 0.717) is 24.1 Å². The van der Waals surface area contributed by atoms with Gasteiger partial charge in [-0.1, -0.05) is 29.3 Å². The van der Waals surface area contributed by atoms with Gasteiger partial charge < -0.3 is 0 Å². The summed E-state index contributed by atoms with van der Waals surface area (Å²) in [5, 5.41) is 0.959. The van der Waals surface area contributed by atoms with Gasteiger partial charge in [0.2, 0.25) is 0 Å². The number of hydrogen-bond donors (Lipinski definition) is 0. The second-order valence-electron chi connectivity index (χ2n) is 4.49. The Morgan fingerprint density at radius 2 is 2.06 bits per heavy atom. The molecule has 0 aromatic rings. The lowest BCUT2D eigenvalue weighted by atomic mass is 10.0. The van der Waals surface area contributed by atoms with Gasteiger partial charge in [0, 0.05) is 23.7 Å². The number of hydrogen-bond acceptors (Lipinski definition) is 3. The van der Waals surface area contributed by atoms with Gasteiger partial charge in [-0.3, -0.25) is 4.90 Å². The van der Waals surface area contributed by atoms with Gasteiger partial charge in [-0.15, -0.1) is 0 Å². The van der Waals surface area contributed by atoms with Gasteiger partial charge >= 0.3 is 0 Å². The molecule has 5 heteroatoms. The minimum atomic E-state index is -2.82. The van der Waals surface area contributed by atoms with Crippen LogP contribution in [0.15, 0.2) is 0 Å². The zero-order chi connectivity index (χ0) is 12.0. The number of halogens is 1. The fourth-order valence-corrected chi connectivity index (χ4v) is 4.27. The van der Waals surface area contributed by atoms with Gasteiger partial charge in [-0.05, 0) is 25.8 Å². The molecule has 1 unspecified atom stereocenters. The molecular formula is C11H22BrNO2S. The van der Waals surface area contributed by atoms with Gasteiger partial charge in [0.15, 0.2) is 9.84 Å². The van der Waals surface area contributed by atoms with E-state index >= 15 is 0 Å². The molecule has 0 amide bonds. The van der Waals surface area contributed by atoms with Crippen molar-refractivity contribution >= 4 is 25.8 Å². The topological polar surface area (TPSA) is 37.4 Å². The zero-order valence-electron chi connectivity index (χ0n) is 9.99. The lowest BCUT2D eigenvalue weighted by molar-refractivity contribution is 0.174. The molecule has 1 fully saturated rings. The van der Waals surface area contributed by atoms with Gasteiger partial charge in [0.05, 0.1) is 5.75 Å². The smallest absolute Gasteiger partial charge is 0.151 e. The minimum absolute atomic E-state index is 0.324. The highest BCUT2D eigenvalue weighted by Gasteiger charge is 2.22. The molecule has 1 rings (SSSR count). The van der Waals surface area contributed by atoms with Crippen LogP contribution in [-0.2, 0) is 9.84 Å². The van der Waals surface area contributed by atoms with E-state index in [-0.39, 0.29) is 0 Å². The van der Waals surface area contributed by atoms with Crippen LogP contribution in [0.4, 0.5) is 0 Å². The van der Waals surface area contributed by atoms with Crippen molar-refractivity contribution in [3.05, 3.63) is 0 Å². The van der Waals surface area contributed by atoms with Crippen molar-refractivity contribution < 1.29 is 8.42 Å². The molecule has 3 nitrogen and oxygen atoms in total. The molecule has 1 aliphatic rings. The van der Waals surface area contributed by atoms with Crippen LogP contribution >= 0.6 is 15.9 Å². The molecule has 16 heavy (non-hydrogen) atoms. The molecule has 0 N–H and O–H groups in total. The highest BCUT2D eigenvalue weighted by Crippen LogP contribution is 2.18. The standard InChI is InChI=1S/C11H22BrNO2S/c1-2-8-16(14,15)9-7-13-6-4-3-5-11(13)10-12/h11H,2-10H2,1H3. The van der Waals surface area contributed by atoms with Crippen molar-refractivity contribution in [1.29, 1.82) is 0 Å². The second-order valence-corrected chi connectivity index (χ2v) is 7.44. The van der Waals surface area contributed by atoms with Crippen molar-refractivity contribution in [1.82, 2.24) is 4.90 Å². The lowest BCUT2D eigenvalue weighted by Crippen LogP contribution is -2.43. The van der Waals surface area contributed by atoms with E-state index in [9.17, 15) is 8.42 Å².